The molecule has 0 spiro atoms. The number of aliphatic hydroxyl groups excluding tert-OH is 1. The number of nitrogens with zero attached hydrogens (tertiary/aromatic N) is 1. The van der Waals surface area contributed by atoms with Crippen LogP contribution in [0.3, 0.4) is 0 Å². The van der Waals surface area contributed by atoms with E-state index in [1.54, 1.807) is 19.4 Å². The second-order valence-corrected chi connectivity index (χ2v) is 6.89. The van der Waals surface area contributed by atoms with E-state index in [0.717, 1.165) is 14.7 Å². The van der Waals surface area contributed by atoms with Crippen LogP contribution in [0, 0.1) is 3.57 Å². The third-order valence-electron chi connectivity index (χ3n) is 3.77. The summed E-state index contributed by atoms with van der Waals surface area (Å²) < 4.78 is 11.8. The van der Waals surface area contributed by atoms with E-state index in [9.17, 15) is 9.90 Å². The SMILES string of the molecule is CCOc1cc(/C=N\NC(=O)CC[C@H](O)c2ccccc2)cc(I)c1OC. The van der Waals surface area contributed by atoms with Gasteiger partial charge in [-0.2, -0.15) is 5.10 Å². The Hall–Kier alpha value is -2.13. The van der Waals surface area contributed by atoms with Crippen molar-refractivity contribution in [1.29, 1.82) is 0 Å². The van der Waals surface area contributed by atoms with Gasteiger partial charge in [0.2, 0.25) is 5.91 Å². The highest BCUT2D eigenvalue weighted by atomic mass is 127. The van der Waals surface area contributed by atoms with Gasteiger partial charge < -0.3 is 14.6 Å². The van der Waals surface area contributed by atoms with Gasteiger partial charge in [-0.15, -0.1) is 0 Å². The highest BCUT2D eigenvalue weighted by molar-refractivity contribution is 14.1. The minimum absolute atomic E-state index is 0.178. The quantitative estimate of drug-likeness (QED) is 0.325. The summed E-state index contributed by atoms with van der Waals surface area (Å²) >= 11 is 2.16. The first kappa shape index (κ1) is 21.2. The van der Waals surface area contributed by atoms with Gasteiger partial charge in [-0.1, -0.05) is 30.3 Å². The van der Waals surface area contributed by atoms with Gasteiger partial charge in [0.15, 0.2) is 11.5 Å². The smallest absolute Gasteiger partial charge is 0.240 e. The van der Waals surface area contributed by atoms with Gasteiger partial charge in [0.1, 0.15) is 0 Å². The van der Waals surface area contributed by atoms with Crippen LogP contribution >= 0.6 is 22.6 Å². The second-order valence-electron chi connectivity index (χ2n) is 5.73. The molecule has 7 heteroatoms. The monoisotopic (exact) mass is 482 g/mol. The van der Waals surface area contributed by atoms with Crippen LogP contribution in [0.25, 0.3) is 0 Å². The van der Waals surface area contributed by atoms with E-state index in [1.165, 1.54) is 0 Å². The molecule has 0 radical (unpaired) electrons. The number of aliphatic hydroxyl groups is 1. The molecule has 0 saturated heterocycles. The van der Waals surface area contributed by atoms with Crippen LogP contribution in [0.1, 0.15) is 37.0 Å². The number of hydrazone groups is 1. The lowest BCUT2D eigenvalue weighted by atomic mass is 10.1. The fraction of sp³-hybridized carbons (Fsp3) is 0.300. The number of rotatable bonds is 9. The number of ether oxygens (including phenoxy) is 2. The Kier molecular flexibility index (Phi) is 8.53. The number of carbonyl (C=O) groups excluding carboxylic acids is 1. The molecule has 0 heterocycles. The molecule has 1 atom stereocenters. The van der Waals surface area contributed by atoms with Crippen LogP contribution in [0.5, 0.6) is 11.5 Å². The molecule has 0 saturated carbocycles. The zero-order valence-corrected chi connectivity index (χ0v) is 17.5. The van der Waals surface area contributed by atoms with Crippen molar-refractivity contribution in [2.75, 3.05) is 13.7 Å². The fourth-order valence-electron chi connectivity index (χ4n) is 2.47. The molecule has 0 aliphatic rings. The van der Waals surface area contributed by atoms with Gasteiger partial charge in [0.05, 0.1) is 29.6 Å². The largest absolute Gasteiger partial charge is 0.492 e. The summed E-state index contributed by atoms with van der Waals surface area (Å²) in [4.78, 5) is 11.9. The van der Waals surface area contributed by atoms with E-state index in [0.29, 0.717) is 24.5 Å². The van der Waals surface area contributed by atoms with E-state index < -0.39 is 6.10 Å². The minimum Gasteiger partial charge on any atom is -0.492 e. The topological polar surface area (TPSA) is 80.2 Å². The molecule has 144 valence electrons. The highest BCUT2D eigenvalue weighted by Gasteiger charge is 2.11. The third kappa shape index (κ3) is 6.51. The minimum atomic E-state index is -0.669. The van der Waals surface area contributed by atoms with Crippen molar-refractivity contribution in [3.63, 3.8) is 0 Å². The van der Waals surface area contributed by atoms with Crippen molar-refractivity contribution in [3.05, 3.63) is 57.2 Å². The summed E-state index contributed by atoms with van der Waals surface area (Å²) in [5, 5.41) is 14.1. The lowest BCUT2D eigenvalue weighted by Gasteiger charge is -2.12. The maximum absolute atomic E-state index is 11.9. The van der Waals surface area contributed by atoms with Crippen molar-refractivity contribution >= 4 is 34.7 Å². The molecule has 0 unspecified atom stereocenters. The molecule has 0 bridgehead atoms. The molecule has 2 aromatic rings. The Bertz CT molecular complexity index is 781. The van der Waals surface area contributed by atoms with Crippen LogP contribution in [0.2, 0.25) is 0 Å². The van der Waals surface area contributed by atoms with Gasteiger partial charge in [0.25, 0.3) is 0 Å². The van der Waals surface area contributed by atoms with E-state index in [4.69, 9.17) is 9.47 Å². The number of hydrogen-bond acceptors (Lipinski definition) is 5. The predicted octanol–water partition coefficient (Wildman–Crippen LogP) is 3.66. The third-order valence-corrected chi connectivity index (χ3v) is 4.57. The molecule has 0 fully saturated rings. The van der Waals surface area contributed by atoms with Crippen molar-refractivity contribution in [2.45, 2.75) is 25.9 Å². The molecule has 6 nitrogen and oxygen atoms in total. The lowest BCUT2D eigenvalue weighted by molar-refractivity contribution is -0.121. The van der Waals surface area contributed by atoms with E-state index in [1.807, 2.05) is 43.3 Å². The maximum atomic E-state index is 11.9. The van der Waals surface area contributed by atoms with Gasteiger partial charge in [-0.25, -0.2) is 5.43 Å². The van der Waals surface area contributed by atoms with E-state index in [-0.39, 0.29) is 12.3 Å². The summed E-state index contributed by atoms with van der Waals surface area (Å²) in [7, 11) is 1.60. The number of methoxy groups -OCH3 is 1. The normalized spacial score (nSPS) is 12.0. The van der Waals surface area contributed by atoms with Crippen LogP contribution < -0.4 is 14.9 Å². The van der Waals surface area contributed by atoms with Crippen LogP contribution in [0.4, 0.5) is 0 Å². The average Bonchev–Trinajstić information content (AvgIpc) is 2.67. The summed E-state index contributed by atoms with van der Waals surface area (Å²) in [6.07, 6.45) is 1.39. The number of benzene rings is 2. The molecule has 0 aromatic heterocycles. The Morgan fingerprint density at radius 2 is 2.07 bits per heavy atom. The fourth-order valence-corrected chi connectivity index (χ4v) is 3.31. The lowest BCUT2D eigenvalue weighted by Crippen LogP contribution is -2.18. The number of amides is 1. The highest BCUT2D eigenvalue weighted by Crippen LogP contribution is 2.33. The Morgan fingerprint density at radius 3 is 2.74 bits per heavy atom. The van der Waals surface area contributed by atoms with Crippen molar-refractivity contribution in [1.82, 2.24) is 5.43 Å². The number of nitrogens with one attached hydrogen (secondary N) is 1. The van der Waals surface area contributed by atoms with Gasteiger partial charge in [0, 0.05) is 6.42 Å². The summed E-state index contributed by atoms with van der Waals surface area (Å²) in [6.45, 7) is 2.42. The molecule has 0 aliphatic heterocycles. The molecule has 27 heavy (non-hydrogen) atoms. The molecular weight excluding hydrogens is 459 g/mol. The van der Waals surface area contributed by atoms with Crippen molar-refractivity contribution in [2.24, 2.45) is 5.10 Å². The average molecular weight is 482 g/mol. The molecular formula is C20H23IN2O4. The summed E-state index contributed by atoms with van der Waals surface area (Å²) in [5.41, 5.74) is 4.06. The van der Waals surface area contributed by atoms with E-state index >= 15 is 0 Å². The predicted molar refractivity (Wildman–Crippen MR) is 113 cm³/mol. The second kappa shape index (κ2) is 10.9. The zero-order chi connectivity index (χ0) is 19.6. The van der Waals surface area contributed by atoms with Gasteiger partial charge in [-0.05, 0) is 59.2 Å². The first-order valence-corrected chi connectivity index (χ1v) is 9.68. The van der Waals surface area contributed by atoms with Crippen LogP contribution in [0.15, 0.2) is 47.6 Å². The maximum Gasteiger partial charge on any atom is 0.240 e. The van der Waals surface area contributed by atoms with Gasteiger partial charge in [-0.3, -0.25) is 4.79 Å². The molecule has 2 aromatic carbocycles. The number of halogens is 1. The molecule has 1 amide bonds. The first-order valence-electron chi connectivity index (χ1n) is 8.60. The molecule has 0 aliphatic carbocycles. The van der Waals surface area contributed by atoms with Gasteiger partial charge >= 0.3 is 0 Å². The van der Waals surface area contributed by atoms with Crippen LogP contribution in [-0.4, -0.2) is 30.9 Å². The zero-order valence-electron chi connectivity index (χ0n) is 15.3. The Morgan fingerprint density at radius 1 is 1.33 bits per heavy atom. The van der Waals surface area contributed by atoms with E-state index in [2.05, 4.69) is 33.1 Å². The van der Waals surface area contributed by atoms with Crippen molar-refractivity contribution < 1.29 is 19.4 Å². The standard InChI is InChI=1S/C20H23IN2O4/c1-3-27-18-12-14(11-16(21)20(18)26-2)13-22-23-19(25)10-9-17(24)15-7-5-4-6-8-15/h4-8,11-13,17,24H,3,9-10H2,1-2H3,(H,23,25)/b22-13-/t17-/m0/s1. The summed E-state index contributed by atoms with van der Waals surface area (Å²) in [6, 6.07) is 13.0. The van der Waals surface area contributed by atoms with Crippen molar-refractivity contribution in [3.8, 4) is 11.5 Å². The first-order chi connectivity index (χ1) is 13.0. The number of carbonyl (C=O) groups is 1. The molecule has 2 N–H and O–H groups in total. The summed E-state index contributed by atoms with van der Waals surface area (Å²) in [5.74, 6) is 1.05. The number of hydrogen-bond donors (Lipinski definition) is 2. The molecule has 2 rings (SSSR count). The Balaban J connectivity index is 1.90. The Labute approximate surface area is 172 Å². The van der Waals surface area contributed by atoms with Crippen LogP contribution in [-0.2, 0) is 4.79 Å².